The second-order valence-corrected chi connectivity index (χ2v) is 9.48. The average molecular weight is 483 g/mol. The summed E-state index contributed by atoms with van der Waals surface area (Å²) in [6.45, 7) is 2.64. The van der Waals surface area contributed by atoms with E-state index in [0.717, 1.165) is 30.4 Å². The van der Waals surface area contributed by atoms with Crippen LogP contribution in [0.25, 0.3) is 0 Å². The van der Waals surface area contributed by atoms with E-state index in [2.05, 4.69) is 32.7 Å². The Hall–Kier alpha value is -1.83. The van der Waals surface area contributed by atoms with E-state index >= 15 is 0 Å². The number of unbranched alkanes of at least 4 members (excludes halogenated alkanes) is 1. The quantitative estimate of drug-likeness (QED) is 0.462. The molecule has 0 saturated heterocycles. The Bertz CT molecular complexity index is 1030. The zero-order valence-electron chi connectivity index (χ0n) is 15.4. The van der Waals surface area contributed by atoms with Crippen LogP contribution in [0, 0.1) is 0 Å². The summed E-state index contributed by atoms with van der Waals surface area (Å²) in [7, 11) is -3.71. The van der Waals surface area contributed by atoms with Gasteiger partial charge in [0.1, 0.15) is 0 Å². The number of hydrogen-bond acceptors (Lipinski definition) is 3. The molecule has 0 aliphatic carbocycles. The van der Waals surface area contributed by atoms with Crippen molar-refractivity contribution < 1.29 is 8.42 Å². The molecular formula is C20H21BrClN3O2S. The first kappa shape index (κ1) is 20.9. The van der Waals surface area contributed by atoms with Gasteiger partial charge < -0.3 is 0 Å². The third-order valence-electron chi connectivity index (χ3n) is 4.26. The molecule has 0 amide bonds. The van der Waals surface area contributed by atoms with Crippen LogP contribution in [0.4, 0.5) is 5.82 Å². The summed E-state index contributed by atoms with van der Waals surface area (Å²) in [6.07, 6.45) is 4.88. The number of anilines is 1. The van der Waals surface area contributed by atoms with Gasteiger partial charge in [-0.3, -0.25) is 9.40 Å². The monoisotopic (exact) mass is 481 g/mol. The molecule has 0 atom stereocenters. The summed E-state index contributed by atoms with van der Waals surface area (Å²) in [5.74, 6) is 0.254. The number of aromatic nitrogens is 2. The number of aryl methyl sites for hydroxylation is 1. The minimum absolute atomic E-state index is 0.215. The number of nitrogens with one attached hydrogen (secondary N) is 1. The molecule has 8 heteroatoms. The van der Waals surface area contributed by atoms with Gasteiger partial charge in [-0.25, -0.2) is 8.42 Å². The third kappa shape index (κ3) is 5.37. The Morgan fingerprint density at radius 2 is 1.71 bits per heavy atom. The van der Waals surface area contributed by atoms with Crippen LogP contribution in [0.3, 0.4) is 0 Å². The van der Waals surface area contributed by atoms with Crippen molar-refractivity contribution in [1.82, 2.24) is 9.78 Å². The van der Waals surface area contributed by atoms with Gasteiger partial charge in [-0.1, -0.05) is 49.2 Å². The van der Waals surface area contributed by atoms with Crippen molar-refractivity contribution in [3.05, 3.63) is 75.4 Å². The molecule has 0 aliphatic heterocycles. The zero-order valence-corrected chi connectivity index (χ0v) is 18.6. The number of hydrogen-bond donors (Lipinski definition) is 1. The minimum atomic E-state index is -3.71. The molecule has 148 valence electrons. The second-order valence-electron chi connectivity index (χ2n) is 6.50. The first-order valence-electron chi connectivity index (χ1n) is 8.96. The maximum Gasteiger partial charge on any atom is 0.263 e. The van der Waals surface area contributed by atoms with Crippen molar-refractivity contribution in [3.8, 4) is 0 Å². The number of rotatable bonds is 8. The molecule has 28 heavy (non-hydrogen) atoms. The van der Waals surface area contributed by atoms with Crippen molar-refractivity contribution >= 4 is 43.4 Å². The van der Waals surface area contributed by atoms with Gasteiger partial charge in [-0.05, 0) is 64.2 Å². The minimum Gasteiger partial charge on any atom is -0.265 e. The van der Waals surface area contributed by atoms with Crippen LogP contribution in [-0.4, -0.2) is 18.2 Å². The van der Waals surface area contributed by atoms with Crippen molar-refractivity contribution in [2.24, 2.45) is 0 Å². The van der Waals surface area contributed by atoms with E-state index in [1.54, 1.807) is 23.0 Å². The Morgan fingerprint density at radius 1 is 1.07 bits per heavy atom. The fourth-order valence-corrected chi connectivity index (χ4v) is 4.42. The Kier molecular flexibility index (Phi) is 6.80. The number of nitrogens with zero attached hydrogens (tertiary/aromatic N) is 2. The smallest absolute Gasteiger partial charge is 0.263 e. The summed E-state index contributed by atoms with van der Waals surface area (Å²) in [4.78, 5) is 0.215. The fourth-order valence-electron chi connectivity index (χ4n) is 2.73. The van der Waals surface area contributed by atoms with Gasteiger partial charge in [0.25, 0.3) is 10.0 Å². The maximum absolute atomic E-state index is 12.7. The Balaban J connectivity index is 1.73. The molecule has 0 unspecified atom stereocenters. The Labute approximate surface area is 178 Å². The molecule has 0 spiro atoms. The predicted octanol–water partition coefficient (Wildman–Crippen LogP) is 5.49. The predicted molar refractivity (Wildman–Crippen MR) is 116 cm³/mol. The zero-order chi connectivity index (χ0) is 20.1. The summed E-state index contributed by atoms with van der Waals surface area (Å²) in [6, 6.07) is 14.4. The highest BCUT2D eigenvalue weighted by atomic mass is 79.9. The summed E-state index contributed by atoms with van der Waals surface area (Å²) in [5.41, 5.74) is 2.14. The lowest BCUT2D eigenvalue weighted by Crippen LogP contribution is -2.14. The van der Waals surface area contributed by atoms with Gasteiger partial charge in [-0.15, -0.1) is 0 Å². The lowest BCUT2D eigenvalue weighted by Gasteiger charge is -2.07. The van der Waals surface area contributed by atoms with E-state index in [1.165, 1.54) is 0 Å². The van der Waals surface area contributed by atoms with Gasteiger partial charge in [0.2, 0.25) is 0 Å². The molecule has 0 bridgehead atoms. The van der Waals surface area contributed by atoms with Gasteiger partial charge in [0.15, 0.2) is 5.82 Å². The van der Waals surface area contributed by atoms with Crippen molar-refractivity contribution in [1.29, 1.82) is 0 Å². The first-order valence-corrected chi connectivity index (χ1v) is 11.6. The van der Waals surface area contributed by atoms with Crippen LogP contribution in [0.1, 0.15) is 30.9 Å². The highest BCUT2D eigenvalue weighted by Crippen LogP contribution is 2.24. The van der Waals surface area contributed by atoms with E-state index in [-0.39, 0.29) is 10.7 Å². The average Bonchev–Trinajstić information content (AvgIpc) is 3.00. The molecule has 5 nitrogen and oxygen atoms in total. The lowest BCUT2D eigenvalue weighted by atomic mass is 10.1. The van der Waals surface area contributed by atoms with Gasteiger partial charge >= 0.3 is 0 Å². The molecule has 1 heterocycles. The van der Waals surface area contributed by atoms with Crippen LogP contribution in [0.5, 0.6) is 0 Å². The maximum atomic E-state index is 12.7. The number of sulfonamides is 1. The standard InChI is InChI=1S/C20H21BrClN3O2S/c1-2-3-4-15-7-11-18(12-8-15)28(26,27)24-20-19(21)14-25(23-20)13-16-5-9-17(22)10-6-16/h5-12,14H,2-4,13H2,1H3,(H,23,24). The molecule has 1 aromatic heterocycles. The van der Waals surface area contributed by atoms with Crippen LogP contribution >= 0.6 is 27.5 Å². The van der Waals surface area contributed by atoms with Gasteiger partial charge in [-0.2, -0.15) is 5.10 Å². The highest BCUT2D eigenvalue weighted by Gasteiger charge is 2.18. The largest absolute Gasteiger partial charge is 0.265 e. The summed E-state index contributed by atoms with van der Waals surface area (Å²) >= 11 is 9.28. The molecule has 2 aromatic carbocycles. The molecule has 1 N–H and O–H groups in total. The highest BCUT2D eigenvalue weighted by molar-refractivity contribution is 9.10. The Morgan fingerprint density at radius 3 is 2.36 bits per heavy atom. The summed E-state index contributed by atoms with van der Waals surface area (Å²) < 4.78 is 30.2. The van der Waals surface area contributed by atoms with Crippen LogP contribution in [0.15, 0.2) is 64.1 Å². The van der Waals surface area contributed by atoms with Crippen LogP contribution in [-0.2, 0) is 23.0 Å². The van der Waals surface area contributed by atoms with Crippen molar-refractivity contribution in [2.45, 2.75) is 37.6 Å². The normalized spacial score (nSPS) is 11.5. The molecule has 3 rings (SSSR count). The van der Waals surface area contributed by atoms with Crippen molar-refractivity contribution in [3.63, 3.8) is 0 Å². The molecule has 0 saturated carbocycles. The van der Waals surface area contributed by atoms with E-state index in [4.69, 9.17) is 11.6 Å². The molecular weight excluding hydrogens is 462 g/mol. The molecule has 3 aromatic rings. The van der Waals surface area contributed by atoms with E-state index in [9.17, 15) is 8.42 Å². The molecule has 0 aliphatic rings. The second kappa shape index (κ2) is 9.11. The number of benzene rings is 2. The lowest BCUT2D eigenvalue weighted by molar-refractivity contribution is 0.600. The van der Waals surface area contributed by atoms with Crippen LogP contribution in [0.2, 0.25) is 5.02 Å². The SMILES string of the molecule is CCCCc1ccc(S(=O)(=O)Nc2nn(Cc3ccc(Cl)cc3)cc2Br)cc1. The number of halogens is 2. The molecule has 0 radical (unpaired) electrons. The first-order chi connectivity index (χ1) is 13.4. The van der Waals surface area contributed by atoms with Crippen LogP contribution < -0.4 is 4.72 Å². The summed E-state index contributed by atoms with van der Waals surface area (Å²) in [5, 5.41) is 5.01. The topological polar surface area (TPSA) is 64.0 Å². The third-order valence-corrected chi connectivity index (χ3v) is 6.45. The van der Waals surface area contributed by atoms with E-state index in [1.807, 2.05) is 36.4 Å². The fraction of sp³-hybridized carbons (Fsp3) is 0.250. The molecule has 0 fully saturated rings. The van der Waals surface area contributed by atoms with E-state index in [0.29, 0.717) is 16.0 Å². The van der Waals surface area contributed by atoms with E-state index < -0.39 is 10.0 Å². The van der Waals surface area contributed by atoms with Gasteiger partial charge in [0.05, 0.1) is 15.9 Å². The van der Waals surface area contributed by atoms with Gasteiger partial charge in [0, 0.05) is 11.2 Å². The van der Waals surface area contributed by atoms with Crippen molar-refractivity contribution in [2.75, 3.05) is 4.72 Å².